The standard InChI is InChI=1S/C19H17BrN4/c1-13-18-19(24(23-13)16-5-3-2-4-6-16)21-12-11-17(22-18)14-7-9-15(20)10-8-14/h2-10,21H,11-12H2,1H3. The van der Waals surface area contributed by atoms with E-state index in [1.807, 2.05) is 29.8 Å². The minimum Gasteiger partial charge on any atom is -0.368 e. The first-order valence-corrected chi connectivity index (χ1v) is 8.74. The number of aromatic nitrogens is 2. The number of anilines is 1. The second kappa shape index (κ2) is 6.24. The molecule has 4 rings (SSSR count). The monoisotopic (exact) mass is 380 g/mol. The average molecular weight is 381 g/mol. The van der Waals surface area contributed by atoms with Gasteiger partial charge in [-0.2, -0.15) is 5.10 Å². The largest absolute Gasteiger partial charge is 0.368 e. The second-order valence-corrected chi connectivity index (χ2v) is 6.69. The predicted octanol–water partition coefficient (Wildman–Crippen LogP) is 4.88. The number of fused-ring (bicyclic) bond motifs is 1. The minimum absolute atomic E-state index is 0.833. The van der Waals surface area contributed by atoms with Crippen LogP contribution in [0.25, 0.3) is 5.69 Å². The summed E-state index contributed by atoms with van der Waals surface area (Å²) in [6, 6.07) is 18.5. The van der Waals surface area contributed by atoms with E-state index in [1.54, 1.807) is 0 Å². The molecule has 3 aromatic rings. The molecule has 120 valence electrons. The van der Waals surface area contributed by atoms with Gasteiger partial charge >= 0.3 is 0 Å². The number of halogens is 1. The topological polar surface area (TPSA) is 42.2 Å². The lowest BCUT2D eigenvalue weighted by Gasteiger charge is -2.08. The minimum atomic E-state index is 0.833. The zero-order valence-electron chi connectivity index (χ0n) is 13.3. The third-order valence-corrected chi connectivity index (χ3v) is 4.64. The van der Waals surface area contributed by atoms with Crippen LogP contribution in [-0.4, -0.2) is 22.0 Å². The maximum absolute atomic E-state index is 4.94. The first kappa shape index (κ1) is 15.1. The highest BCUT2D eigenvalue weighted by atomic mass is 79.9. The van der Waals surface area contributed by atoms with Gasteiger partial charge in [-0.25, -0.2) is 9.67 Å². The van der Waals surface area contributed by atoms with Crippen LogP contribution in [0, 0.1) is 6.92 Å². The van der Waals surface area contributed by atoms with Crippen molar-refractivity contribution in [1.29, 1.82) is 0 Å². The van der Waals surface area contributed by atoms with Gasteiger partial charge in [0.2, 0.25) is 0 Å². The summed E-state index contributed by atoms with van der Waals surface area (Å²) in [5.74, 6) is 0.964. The molecule has 0 radical (unpaired) electrons. The number of hydrogen-bond acceptors (Lipinski definition) is 3. The molecule has 24 heavy (non-hydrogen) atoms. The van der Waals surface area contributed by atoms with Crippen molar-refractivity contribution in [1.82, 2.24) is 9.78 Å². The van der Waals surface area contributed by atoms with Gasteiger partial charge in [0, 0.05) is 17.4 Å². The lowest BCUT2D eigenvalue weighted by Crippen LogP contribution is -2.10. The number of para-hydroxylation sites is 1. The quantitative estimate of drug-likeness (QED) is 0.688. The summed E-state index contributed by atoms with van der Waals surface area (Å²) in [7, 11) is 0. The molecule has 0 bridgehead atoms. The van der Waals surface area contributed by atoms with Gasteiger partial charge in [-0.1, -0.05) is 46.3 Å². The molecule has 0 amide bonds. The van der Waals surface area contributed by atoms with Gasteiger partial charge in [-0.05, 0) is 36.8 Å². The van der Waals surface area contributed by atoms with Crippen molar-refractivity contribution in [3.8, 4) is 5.69 Å². The van der Waals surface area contributed by atoms with Crippen LogP contribution < -0.4 is 5.32 Å². The average Bonchev–Trinajstić information content (AvgIpc) is 2.79. The fourth-order valence-corrected chi connectivity index (χ4v) is 3.17. The van der Waals surface area contributed by atoms with Crippen LogP contribution in [-0.2, 0) is 0 Å². The van der Waals surface area contributed by atoms with E-state index in [0.29, 0.717) is 0 Å². The lowest BCUT2D eigenvalue weighted by atomic mass is 10.1. The molecule has 5 heteroatoms. The van der Waals surface area contributed by atoms with Crippen LogP contribution in [0.1, 0.15) is 17.7 Å². The molecular formula is C19H17BrN4. The molecule has 0 aliphatic carbocycles. The van der Waals surface area contributed by atoms with Gasteiger partial charge in [0.15, 0.2) is 5.82 Å². The van der Waals surface area contributed by atoms with Crippen LogP contribution in [0.5, 0.6) is 0 Å². The lowest BCUT2D eigenvalue weighted by molar-refractivity contribution is 0.859. The van der Waals surface area contributed by atoms with Crippen molar-refractivity contribution in [2.75, 3.05) is 11.9 Å². The Kier molecular flexibility index (Phi) is 3.94. The third kappa shape index (κ3) is 2.76. The highest BCUT2D eigenvalue weighted by Gasteiger charge is 2.20. The molecule has 0 atom stereocenters. The fraction of sp³-hybridized carbons (Fsp3) is 0.158. The van der Waals surface area contributed by atoms with E-state index in [9.17, 15) is 0 Å². The Balaban J connectivity index is 1.81. The molecule has 0 unspecified atom stereocenters. The molecular weight excluding hydrogens is 364 g/mol. The maximum atomic E-state index is 4.94. The summed E-state index contributed by atoms with van der Waals surface area (Å²) < 4.78 is 3.02. The first-order chi connectivity index (χ1) is 11.7. The number of nitrogens with one attached hydrogen (secondary N) is 1. The molecule has 0 saturated heterocycles. The maximum Gasteiger partial charge on any atom is 0.156 e. The number of hydrogen-bond donors (Lipinski definition) is 1. The van der Waals surface area contributed by atoms with Crippen LogP contribution in [0.2, 0.25) is 0 Å². The molecule has 1 aliphatic rings. The Morgan fingerprint density at radius 2 is 1.79 bits per heavy atom. The normalized spacial score (nSPS) is 13.7. The van der Waals surface area contributed by atoms with E-state index in [-0.39, 0.29) is 0 Å². The first-order valence-electron chi connectivity index (χ1n) is 7.95. The Labute approximate surface area is 149 Å². The number of nitrogens with zero attached hydrogens (tertiary/aromatic N) is 3. The number of aliphatic imine (C=N–C) groups is 1. The molecule has 2 aromatic carbocycles. The van der Waals surface area contributed by atoms with Crippen LogP contribution in [0.15, 0.2) is 64.1 Å². The summed E-state index contributed by atoms with van der Waals surface area (Å²) in [4.78, 5) is 4.94. The summed E-state index contributed by atoms with van der Waals surface area (Å²) in [5.41, 5.74) is 5.13. The molecule has 0 spiro atoms. The molecule has 2 heterocycles. The van der Waals surface area contributed by atoms with Gasteiger partial charge in [-0.15, -0.1) is 0 Å². The molecule has 0 saturated carbocycles. The third-order valence-electron chi connectivity index (χ3n) is 4.11. The Morgan fingerprint density at radius 3 is 2.54 bits per heavy atom. The zero-order chi connectivity index (χ0) is 16.5. The van der Waals surface area contributed by atoms with Crippen molar-refractivity contribution >= 4 is 33.1 Å². The molecule has 0 fully saturated rings. The molecule has 4 nitrogen and oxygen atoms in total. The summed E-state index contributed by atoms with van der Waals surface area (Å²) >= 11 is 3.49. The van der Waals surface area contributed by atoms with Crippen LogP contribution in [0.3, 0.4) is 0 Å². The number of rotatable bonds is 2. The van der Waals surface area contributed by atoms with Gasteiger partial charge in [0.05, 0.1) is 17.1 Å². The Morgan fingerprint density at radius 1 is 1.04 bits per heavy atom. The Bertz CT molecular complexity index is 895. The second-order valence-electron chi connectivity index (χ2n) is 5.77. The fourth-order valence-electron chi connectivity index (χ4n) is 2.91. The van der Waals surface area contributed by atoms with E-state index >= 15 is 0 Å². The number of benzene rings is 2. The van der Waals surface area contributed by atoms with Gasteiger partial charge in [0.1, 0.15) is 5.69 Å². The highest BCUT2D eigenvalue weighted by molar-refractivity contribution is 9.10. The van der Waals surface area contributed by atoms with Crippen molar-refractivity contribution in [2.24, 2.45) is 4.99 Å². The number of aryl methyl sites for hydroxylation is 1. The van der Waals surface area contributed by atoms with E-state index in [1.165, 1.54) is 0 Å². The van der Waals surface area contributed by atoms with Crippen molar-refractivity contribution in [3.63, 3.8) is 0 Å². The van der Waals surface area contributed by atoms with Crippen molar-refractivity contribution in [3.05, 3.63) is 70.3 Å². The van der Waals surface area contributed by atoms with E-state index in [0.717, 1.165) is 51.6 Å². The molecule has 1 aromatic heterocycles. The van der Waals surface area contributed by atoms with Gasteiger partial charge < -0.3 is 5.32 Å². The van der Waals surface area contributed by atoms with E-state index in [2.05, 4.69) is 62.7 Å². The van der Waals surface area contributed by atoms with Crippen molar-refractivity contribution in [2.45, 2.75) is 13.3 Å². The van der Waals surface area contributed by atoms with Crippen LogP contribution >= 0.6 is 15.9 Å². The van der Waals surface area contributed by atoms with Gasteiger partial charge in [-0.3, -0.25) is 0 Å². The summed E-state index contributed by atoms with van der Waals surface area (Å²) in [6.07, 6.45) is 0.880. The zero-order valence-corrected chi connectivity index (χ0v) is 14.9. The van der Waals surface area contributed by atoms with E-state index < -0.39 is 0 Å². The van der Waals surface area contributed by atoms with Crippen molar-refractivity contribution < 1.29 is 0 Å². The molecule has 1 aliphatic heterocycles. The van der Waals surface area contributed by atoms with E-state index in [4.69, 9.17) is 4.99 Å². The Hall–Kier alpha value is -2.40. The van der Waals surface area contributed by atoms with Crippen LogP contribution in [0.4, 0.5) is 11.5 Å². The molecule has 1 N–H and O–H groups in total. The summed E-state index contributed by atoms with van der Waals surface area (Å²) in [6.45, 7) is 2.84. The van der Waals surface area contributed by atoms with Gasteiger partial charge in [0.25, 0.3) is 0 Å². The highest BCUT2D eigenvalue weighted by Crippen LogP contribution is 2.34. The summed E-state index contributed by atoms with van der Waals surface area (Å²) in [5, 5.41) is 8.19. The predicted molar refractivity (Wildman–Crippen MR) is 102 cm³/mol. The SMILES string of the molecule is Cc1nn(-c2ccccc2)c2c1N=C(c1ccc(Br)cc1)CCN2. The smallest absolute Gasteiger partial charge is 0.156 e.